The Labute approximate surface area is 142 Å². The fourth-order valence-corrected chi connectivity index (χ4v) is 3.30. The number of aromatic nitrogens is 1. The highest BCUT2D eigenvalue weighted by Crippen LogP contribution is 2.32. The second kappa shape index (κ2) is 6.55. The average Bonchev–Trinajstić information content (AvgIpc) is 2.89. The molecular formula is C18H24N4O2. The predicted molar refractivity (Wildman–Crippen MR) is 94.7 cm³/mol. The van der Waals surface area contributed by atoms with Gasteiger partial charge in [-0.1, -0.05) is 11.2 Å². The number of likely N-dealkylation sites (tertiary alicyclic amines) is 1. The number of hydrogen-bond acceptors (Lipinski definition) is 5. The largest absolute Gasteiger partial charge is 0.397 e. The van der Waals surface area contributed by atoms with Gasteiger partial charge < -0.3 is 20.5 Å². The molecule has 2 aromatic rings. The van der Waals surface area contributed by atoms with Crippen LogP contribution in [0.25, 0.3) is 11.1 Å². The van der Waals surface area contributed by atoms with E-state index in [0.717, 1.165) is 54.2 Å². The molecule has 1 aromatic carbocycles. The van der Waals surface area contributed by atoms with Gasteiger partial charge in [0.05, 0.1) is 17.1 Å². The number of rotatable bonds is 3. The summed E-state index contributed by atoms with van der Waals surface area (Å²) < 4.78 is 5.23. The third kappa shape index (κ3) is 3.22. The summed E-state index contributed by atoms with van der Waals surface area (Å²) in [5.41, 5.74) is 10.8. The summed E-state index contributed by atoms with van der Waals surface area (Å²) in [6.45, 7) is 7.05. The van der Waals surface area contributed by atoms with Gasteiger partial charge in [0, 0.05) is 31.6 Å². The monoisotopic (exact) mass is 328 g/mol. The first-order valence-electron chi connectivity index (χ1n) is 8.30. The Hall–Kier alpha value is -2.50. The Kier molecular flexibility index (Phi) is 4.46. The van der Waals surface area contributed by atoms with Crippen molar-refractivity contribution < 1.29 is 9.32 Å². The second-order valence-electron chi connectivity index (χ2n) is 6.43. The lowest BCUT2D eigenvalue weighted by Crippen LogP contribution is -2.41. The molecular weight excluding hydrogens is 304 g/mol. The number of nitrogens with two attached hydrogens (primary N) is 1. The zero-order valence-electron chi connectivity index (χ0n) is 14.4. The minimum Gasteiger partial charge on any atom is -0.397 e. The van der Waals surface area contributed by atoms with Crippen molar-refractivity contribution in [3.8, 4) is 11.1 Å². The van der Waals surface area contributed by atoms with Gasteiger partial charge in [-0.25, -0.2) is 0 Å². The Morgan fingerprint density at radius 1 is 1.33 bits per heavy atom. The topological polar surface area (TPSA) is 84.4 Å². The Morgan fingerprint density at radius 2 is 2.04 bits per heavy atom. The molecule has 3 rings (SSSR count). The SMILES string of the molecule is CC(=O)N1CCC(Nc2ccc(-c3c(C)noc3C)cc2N)CC1. The first kappa shape index (κ1) is 16.4. The third-order valence-electron chi connectivity index (χ3n) is 4.67. The van der Waals surface area contributed by atoms with Crippen LogP contribution in [0.2, 0.25) is 0 Å². The van der Waals surface area contributed by atoms with Gasteiger partial charge in [-0.3, -0.25) is 4.79 Å². The number of carbonyl (C=O) groups excluding carboxylic acids is 1. The molecule has 24 heavy (non-hydrogen) atoms. The van der Waals surface area contributed by atoms with Gasteiger partial charge in [0.15, 0.2) is 0 Å². The molecule has 1 aliphatic heterocycles. The fraction of sp³-hybridized carbons (Fsp3) is 0.444. The van der Waals surface area contributed by atoms with E-state index in [9.17, 15) is 4.79 Å². The summed E-state index contributed by atoms with van der Waals surface area (Å²) in [5, 5.41) is 7.50. The van der Waals surface area contributed by atoms with Gasteiger partial charge in [0.1, 0.15) is 5.76 Å². The van der Waals surface area contributed by atoms with E-state index >= 15 is 0 Å². The van der Waals surface area contributed by atoms with Gasteiger partial charge in [-0.2, -0.15) is 0 Å². The van der Waals surface area contributed by atoms with Crippen LogP contribution in [0.1, 0.15) is 31.2 Å². The van der Waals surface area contributed by atoms with Gasteiger partial charge in [-0.15, -0.1) is 0 Å². The number of nitrogens with zero attached hydrogens (tertiary/aromatic N) is 2. The summed E-state index contributed by atoms with van der Waals surface area (Å²) in [5.74, 6) is 0.945. The smallest absolute Gasteiger partial charge is 0.219 e. The van der Waals surface area contributed by atoms with Crippen LogP contribution < -0.4 is 11.1 Å². The minimum absolute atomic E-state index is 0.150. The highest BCUT2D eigenvalue weighted by molar-refractivity contribution is 5.78. The van der Waals surface area contributed by atoms with Crippen LogP contribution in [0.5, 0.6) is 0 Å². The van der Waals surface area contributed by atoms with Gasteiger partial charge in [0.25, 0.3) is 0 Å². The van der Waals surface area contributed by atoms with Crippen molar-refractivity contribution in [2.24, 2.45) is 0 Å². The third-order valence-corrected chi connectivity index (χ3v) is 4.67. The standard InChI is InChI=1S/C18H24N4O2/c1-11-18(12(2)24-21-11)14-4-5-17(16(19)10-14)20-15-6-8-22(9-7-15)13(3)23/h4-5,10,15,20H,6-9,19H2,1-3H3. The molecule has 0 unspecified atom stereocenters. The molecule has 3 N–H and O–H groups in total. The quantitative estimate of drug-likeness (QED) is 0.846. The van der Waals surface area contributed by atoms with Crippen molar-refractivity contribution >= 4 is 17.3 Å². The van der Waals surface area contributed by atoms with E-state index < -0.39 is 0 Å². The van der Waals surface area contributed by atoms with Crippen LogP contribution in [0.3, 0.4) is 0 Å². The molecule has 1 aromatic heterocycles. The average molecular weight is 328 g/mol. The molecule has 128 valence electrons. The molecule has 0 saturated carbocycles. The number of hydrogen-bond donors (Lipinski definition) is 2. The molecule has 0 radical (unpaired) electrons. The normalized spacial score (nSPS) is 15.5. The highest BCUT2D eigenvalue weighted by Gasteiger charge is 2.21. The molecule has 1 fully saturated rings. The summed E-state index contributed by atoms with van der Waals surface area (Å²) in [4.78, 5) is 13.3. The first-order valence-corrected chi connectivity index (χ1v) is 8.30. The van der Waals surface area contributed by atoms with Crippen LogP contribution in [0.4, 0.5) is 11.4 Å². The molecule has 6 heteroatoms. The van der Waals surface area contributed by atoms with E-state index in [-0.39, 0.29) is 5.91 Å². The number of amides is 1. The molecule has 0 atom stereocenters. The lowest BCUT2D eigenvalue weighted by molar-refractivity contribution is -0.129. The van der Waals surface area contributed by atoms with Crippen molar-refractivity contribution in [3.63, 3.8) is 0 Å². The molecule has 0 spiro atoms. The molecule has 1 aliphatic rings. The maximum Gasteiger partial charge on any atom is 0.219 e. The molecule has 6 nitrogen and oxygen atoms in total. The molecule has 2 heterocycles. The highest BCUT2D eigenvalue weighted by atomic mass is 16.5. The molecule has 0 aliphatic carbocycles. The van der Waals surface area contributed by atoms with Crippen LogP contribution in [0.15, 0.2) is 22.7 Å². The van der Waals surface area contributed by atoms with Gasteiger partial charge in [0.2, 0.25) is 5.91 Å². The number of aryl methyl sites for hydroxylation is 2. The maximum atomic E-state index is 11.4. The molecule has 1 amide bonds. The van der Waals surface area contributed by atoms with Crippen LogP contribution in [-0.4, -0.2) is 35.1 Å². The predicted octanol–water partition coefficient (Wildman–Crippen LogP) is 2.96. The lowest BCUT2D eigenvalue weighted by Gasteiger charge is -2.32. The van der Waals surface area contributed by atoms with E-state index in [1.165, 1.54) is 0 Å². The fourth-order valence-electron chi connectivity index (χ4n) is 3.30. The van der Waals surface area contributed by atoms with Crippen molar-refractivity contribution in [1.82, 2.24) is 10.1 Å². The van der Waals surface area contributed by atoms with Crippen molar-refractivity contribution in [1.29, 1.82) is 0 Å². The van der Waals surface area contributed by atoms with Crippen molar-refractivity contribution in [2.75, 3.05) is 24.1 Å². The van der Waals surface area contributed by atoms with E-state index in [2.05, 4.69) is 10.5 Å². The van der Waals surface area contributed by atoms with Gasteiger partial charge >= 0.3 is 0 Å². The van der Waals surface area contributed by atoms with E-state index in [1.807, 2.05) is 36.9 Å². The summed E-state index contributed by atoms with van der Waals surface area (Å²) in [6, 6.07) is 6.34. The number of anilines is 2. The van der Waals surface area contributed by atoms with Gasteiger partial charge in [-0.05, 0) is 44.4 Å². The number of benzene rings is 1. The Balaban J connectivity index is 1.71. The van der Waals surface area contributed by atoms with Crippen molar-refractivity contribution in [3.05, 3.63) is 29.7 Å². The number of nitrogens with one attached hydrogen (secondary N) is 1. The minimum atomic E-state index is 0.150. The van der Waals surface area contributed by atoms with E-state index in [4.69, 9.17) is 10.3 Å². The van der Waals surface area contributed by atoms with Crippen molar-refractivity contribution in [2.45, 2.75) is 39.7 Å². The second-order valence-corrected chi connectivity index (χ2v) is 6.43. The first-order chi connectivity index (χ1) is 11.5. The summed E-state index contributed by atoms with van der Waals surface area (Å²) in [7, 11) is 0. The number of piperidine rings is 1. The Morgan fingerprint density at radius 3 is 2.58 bits per heavy atom. The summed E-state index contributed by atoms with van der Waals surface area (Å²) in [6.07, 6.45) is 1.87. The van der Waals surface area contributed by atoms with E-state index in [1.54, 1.807) is 6.92 Å². The Bertz CT molecular complexity index is 726. The maximum absolute atomic E-state index is 11.4. The molecule has 0 bridgehead atoms. The van der Waals surface area contributed by atoms with E-state index in [0.29, 0.717) is 11.7 Å². The van der Waals surface area contributed by atoms with Crippen LogP contribution in [-0.2, 0) is 4.79 Å². The molecule has 1 saturated heterocycles. The number of carbonyl (C=O) groups is 1. The van der Waals surface area contributed by atoms with Crippen LogP contribution in [0, 0.1) is 13.8 Å². The van der Waals surface area contributed by atoms with Crippen LogP contribution >= 0.6 is 0 Å². The summed E-state index contributed by atoms with van der Waals surface area (Å²) >= 11 is 0. The zero-order valence-corrected chi connectivity index (χ0v) is 14.4. The zero-order chi connectivity index (χ0) is 17.3. The lowest BCUT2D eigenvalue weighted by atomic mass is 10.0. The number of nitrogen functional groups attached to an aromatic ring is 1.